The second-order valence-corrected chi connectivity index (χ2v) is 18.3. The third-order valence-corrected chi connectivity index (χ3v) is 12.5. The number of ether oxygens (including phenoxy) is 6. The molecule has 0 spiro atoms. The molecular formula is C57H57F2N11O11S. The average Bonchev–Trinajstić information content (AvgIpc) is 3.88. The lowest BCUT2D eigenvalue weighted by Gasteiger charge is -2.10. The number of amidine groups is 1. The number of carbonyl (C=O) groups excluding carboxylic acids is 3. The van der Waals surface area contributed by atoms with E-state index in [1.54, 1.807) is 85.1 Å². The number of nitrogen functional groups attached to an aromatic ring is 2. The largest absolute Gasteiger partial charge is 0.447 e. The number of hydrogen-bond acceptors (Lipinski definition) is 17. The van der Waals surface area contributed by atoms with Crippen LogP contribution in [0.5, 0.6) is 0 Å². The van der Waals surface area contributed by atoms with Gasteiger partial charge < -0.3 is 44.9 Å². The van der Waals surface area contributed by atoms with Crippen LogP contribution in [0.4, 0.5) is 40.5 Å². The van der Waals surface area contributed by atoms with Gasteiger partial charge in [-0.15, -0.1) is 0 Å². The fourth-order valence-electron chi connectivity index (χ4n) is 7.93. The van der Waals surface area contributed by atoms with Crippen molar-refractivity contribution in [3.05, 3.63) is 176 Å². The van der Waals surface area contributed by atoms with Crippen LogP contribution >= 0.6 is 11.8 Å². The number of aromatic amines is 3. The summed E-state index contributed by atoms with van der Waals surface area (Å²) in [6.07, 6.45) is 0.337. The summed E-state index contributed by atoms with van der Waals surface area (Å²) in [6, 6.07) is 34.6. The molecule has 9 aromatic rings. The van der Waals surface area contributed by atoms with E-state index in [4.69, 9.17) is 39.9 Å². The highest BCUT2D eigenvalue weighted by atomic mass is 32.2. The van der Waals surface area contributed by atoms with Gasteiger partial charge in [-0.2, -0.15) is 15.2 Å². The van der Waals surface area contributed by atoms with Gasteiger partial charge in [-0.25, -0.2) is 38.3 Å². The molecule has 0 aliphatic carbocycles. The number of H-pyrrole nitrogens is 3. The van der Waals surface area contributed by atoms with Crippen LogP contribution < -0.4 is 33.2 Å². The third kappa shape index (κ3) is 16.5. The molecule has 0 fully saturated rings. The lowest BCUT2D eigenvalue weighted by Crippen LogP contribution is -2.30. The van der Waals surface area contributed by atoms with E-state index in [1.165, 1.54) is 33.5 Å². The van der Waals surface area contributed by atoms with Crippen molar-refractivity contribution < 1.29 is 51.6 Å². The fraction of sp³-hybridized carbons (Fsp3) is 0.211. The van der Waals surface area contributed by atoms with Gasteiger partial charge in [0.15, 0.2) is 5.17 Å². The van der Waals surface area contributed by atoms with E-state index in [0.717, 1.165) is 39.4 Å². The Morgan fingerprint density at radius 2 is 1.10 bits per heavy atom. The van der Waals surface area contributed by atoms with Crippen molar-refractivity contribution in [3.63, 3.8) is 0 Å². The number of alkyl carbamates (subject to hydrolysis) is 1. The number of nitrogens with two attached hydrogens (primary N) is 2. The van der Waals surface area contributed by atoms with Crippen LogP contribution in [0.3, 0.4) is 0 Å². The molecule has 3 amide bonds. The minimum absolute atomic E-state index is 0.0878. The van der Waals surface area contributed by atoms with Gasteiger partial charge in [0.05, 0.1) is 64.4 Å². The number of benzene rings is 6. The second kappa shape index (κ2) is 29.6. The maximum Gasteiger partial charge on any atom is 0.436 e. The third-order valence-electron chi connectivity index (χ3n) is 11.9. The molecule has 0 bridgehead atoms. The number of aromatic nitrogens is 6. The quantitative estimate of drug-likeness (QED) is 0.0156. The van der Waals surface area contributed by atoms with Gasteiger partial charge in [0.25, 0.3) is 11.1 Å². The van der Waals surface area contributed by atoms with E-state index in [1.807, 2.05) is 30.3 Å². The number of aliphatic imine (C=N–C) groups is 1. The lowest BCUT2D eigenvalue weighted by molar-refractivity contribution is 0.101. The van der Waals surface area contributed by atoms with Crippen LogP contribution in [0.25, 0.3) is 54.8 Å². The number of fused-ring (bicyclic) bond motifs is 3. The molecule has 0 atom stereocenters. The number of rotatable bonds is 16. The van der Waals surface area contributed by atoms with Gasteiger partial charge in [0.1, 0.15) is 31.5 Å². The van der Waals surface area contributed by atoms with Crippen LogP contribution in [0.2, 0.25) is 0 Å². The summed E-state index contributed by atoms with van der Waals surface area (Å²) in [6.45, 7) is 1.18. The number of amides is 3. The molecule has 0 saturated heterocycles. The molecule has 9 N–H and O–H groups in total. The summed E-state index contributed by atoms with van der Waals surface area (Å²) in [5.74, 6) is -0.506. The molecule has 0 saturated carbocycles. The Morgan fingerprint density at radius 1 is 0.598 bits per heavy atom. The fourth-order valence-corrected chi connectivity index (χ4v) is 8.28. The van der Waals surface area contributed by atoms with Crippen molar-refractivity contribution in [2.45, 2.75) is 12.8 Å². The van der Waals surface area contributed by atoms with Crippen molar-refractivity contribution in [3.8, 4) is 22.3 Å². The van der Waals surface area contributed by atoms with Crippen LogP contribution in [-0.2, 0) is 41.3 Å². The number of imidazole rings is 1. The minimum Gasteiger partial charge on any atom is -0.447 e. The maximum atomic E-state index is 14.9. The first-order chi connectivity index (χ1) is 39.7. The van der Waals surface area contributed by atoms with Gasteiger partial charge in [-0.05, 0) is 89.2 Å². The Bertz CT molecular complexity index is 3860. The number of anilines is 3. The van der Waals surface area contributed by atoms with Crippen molar-refractivity contribution in [2.75, 3.05) is 84.0 Å². The highest BCUT2D eigenvalue weighted by Crippen LogP contribution is 2.31. The number of carbonyl (C=O) groups is 3. The summed E-state index contributed by atoms with van der Waals surface area (Å²) in [4.78, 5) is 69.3. The predicted molar refractivity (Wildman–Crippen MR) is 310 cm³/mol. The zero-order chi connectivity index (χ0) is 58.5. The molecule has 0 aliphatic rings. The number of halogens is 2. The molecule has 82 heavy (non-hydrogen) atoms. The molecule has 3 heterocycles. The number of nitrogens with one attached hydrogen (secondary N) is 5. The Morgan fingerprint density at radius 3 is 1.62 bits per heavy atom. The Hall–Kier alpha value is -9.56. The SMILES string of the molecule is COCCOC(=O)N=C(NC(=O)OCCOC)SC.COCCOC(=O)Nc1nc2ccc(-c3cc(Cc4n[nH]c(=O)c5ccccc45)ccc3F)cc2[nH]1.Nc1ccc(-c2cc(Cc3n[nH]c(=O)c4ccccc34)ccc2F)cc1N. The van der Waals surface area contributed by atoms with Crippen LogP contribution in [0.15, 0.2) is 136 Å². The molecule has 6 aromatic carbocycles. The van der Waals surface area contributed by atoms with Gasteiger partial charge in [-0.3, -0.25) is 20.2 Å². The molecular weight excluding hydrogens is 1080 g/mol. The van der Waals surface area contributed by atoms with E-state index in [9.17, 15) is 32.8 Å². The normalized spacial score (nSPS) is 11.1. The molecule has 0 radical (unpaired) electrons. The van der Waals surface area contributed by atoms with E-state index < -0.39 is 18.3 Å². The van der Waals surface area contributed by atoms with Crippen molar-refractivity contribution in [1.82, 2.24) is 35.7 Å². The smallest absolute Gasteiger partial charge is 0.436 e. The molecule has 9 rings (SSSR count). The molecule has 25 heteroatoms. The van der Waals surface area contributed by atoms with Gasteiger partial charge >= 0.3 is 18.3 Å². The zero-order valence-electron chi connectivity index (χ0n) is 44.8. The molecule has 426 valence electrons. The summed E-state index contributed by atoms with van der Waals surface area (Å²) in [5.41, 5.74) is 18.5. The van der Waals surface area contributed by atoms with Crippen LogP contribution in [0, 0.1) is 11.6 Å². The van der Waals surface area contributed by atoms with Crippen molar-refractivity contribution in [1.29, 1.82) is 0 Å². The molecule has 0 aliphatic heterocycles. The lowest BCUT2D eigenvalue weighted by atomic mass is 9.98. The van der Waals surface area contributed by atoms with E-state index >= 15 is 0 Å². The van der Waals surface area contributed by atoms with E-state index in [2.05, 4.69) is 46.0 Å². The Balaban J connectivity index is 0.000000187. The molecule has 22 nitrogen and oxygen atoms in total. The van der Waals surface area contributed by atoms with E-state index in [-0.39, 0.29) is 73.5 Å². The van der Waals surface area contributed by atoms with E-state index in [0.29, 0.717) is 74.0 Å². The van der Waals surface area contributed by atoms with Crippen molar-refractivity contribution in [2.24, 2.45) is 4.99 Å². The first kappa shape index (κ1) is 60.1. The Kier molecular flexibility index (Phi) is 21.7. The summed E-state index contributed by atoms with van der Waals surface area (Å²) >= 11 is 1.08. The predicted octanol–water partition coefficient (Wildman–Crippen LogP) is 8.74. The van der Waals surface area contributed by atoms with Crippen molar-refractivity contribution >= 4 is 85.1 Å². The molecule has 0 unspecified atom stereocenters. The highest BCUT2D eigenvalue weighted by molar-refractivity contribution is 8.13. The molecule has 3 aromatic heterocycles. The minimum atomic E-state index is -0.807. The van der Waals surface area contributed by atoms with Gasteiger partial charge in [0, 0.05) is 56.1 Å². The highest BCUT2D eigenvalue weighted by Gasteiger charge is 2.16. The first-order valence-corrected chi connectivity index (χ1v) is 26.2. The van der Waals surface area contributed by atoms with Gasteiger partial charge in [0.2, 0.25) is 5.95 Å². The van der Waals surface area contributed by atoms with Crippen LogP contribution in [-0.4, -0.2) is 121 Å². The number of methoxy groups -OCH3 is 3. The zero-order valence-corrected chi connectivity index (χ0v) is 45.6. The summed E-state index contributed by atoms with van der Waals surface area (Å²) in [5, 5.41) is 21.1. The first-order valence-electron chi connectivity index (χ1n) is 25.0. The summed E-state index contributed by atoms with van der Waals surface area (Å²) in [7, 11) is 4.49. The van der Waals surface area contributed by atoms with Gasteiger partial charge in [-0.1, -0.05) is 72.4 Å². The number of thioether (sulfide) groups is 1. The number of nitrogens with zero attached hydrogens (tertiary/aromatic N) is 4. The standard InChI is InChI=1S/C26H22FN5O4.C21H17FN4O.C10H18N2O6S/c1-35-10-11-36-26(34)30-25-28-21-9-7-16(14-23(21)29-25)19-12-15(6-8-20(19)27)13-22-17-4-2-3-5-18(17)24(33)32-31-22;22-17-7-5-12(9-16(17)13-6-8-18(23)19(24)11-13)10-20-14-3-1-2-4-15(14)21(27)26-25-20;1-15-4-6-17-9(13)11-8(19-3)12-10(14)18-7-5-16-2/h2-9,12,14H,10-11,13H2,1H3,(H,32,33)(H2,28,29,30,34);1-9,11H,10,23-24H2,(H,26,27);4-7H2,1-3H3,(H,11,12,13,14). The summed E-state index contributed by atoms with van der Waals surface area (Å²) < 4.78 is 58.0. The average molecular weight is 1140 g/mol. The van der Waals surface area contributed by atoms with Crippen LogP contribution in [0.1, 0.15) is 22.5 Å². The topological polar surface area (TPSA) is 315 Å². The maximum absolute atomic E-state index is 14.9. The Labute approximate surface area is 470 Å². The number of hydrogen-bond donors (Lipinski definition) is 7. The monoisotopic (exact) mass is 1140 g/mol. The second-order valence-electron chi connectivity index (χ2n) is 17.5.